The van der Waals surface area contributed by atoms with Gasteiger partial charge in [0.1, 0.15) is 12.0 Å². The lowest BCUT2D eigenvalue weighted by Crippen LogP contribution is -2.46. The molecule has 16 heteroatoms. The summed E-state index contributed by atoms with van der Waals surface area (Å²) >= 11 is 7.80. The van der Waals surface area contributed by atoms with Crippen LogP contribution < -0.4 is 14.9 Å². The molecule has 0 spiro atoms. The Morgan fingerprint density at radius 3 is 2.35 bits per heavy atom. The van der Waals surface area contributed by atoms with Crippen LogP contribution in [0.2, 0.25) is 5.02 Å². The highest BCUT2D eigenvalue weighted by atomic mass is 35.5. The number of thioether (sulfide) groups is 1. The van der Waals surface area contributed by atoms with E-state index >= 15 is 0 Å². The fourth-order valence-corrected chi connectivity index (χ4v) is 9.71. The minimum absolute atomic E-state index is 0.0871. The van der Waals surface area contributed by atoms with Gasteiger partial charge in [-0.2, -0.15) is 0 Å². The third-order valence-electron chi connectivity index (χ3n) is 10.8. The predicted octanol–water partition coefficient (Wildman–Crippen LogP) is 7.89. The summed E-state index contributed by atoms with van der Waals surface area (Å²) in [6, 6.07) is 35.8. The molecule has 310 valence electrons. The van der Waals surface area contributed by atoms with Gasteiger partial charge in [0, 0.05) is 91.2 Å². The molecule has 2 N–H and O–H groups in total. The van der Waals surface area contributed by atoms with Gasteiger partial charge in [-0.05, 0) is 71.3 Å². The number of fused-ring (bicyclic) bond motifs is 1. The fourth-order valence-electron chi connectivity index (χ4n) is 7.60. The van der Waals surface area contributed by atoms with Crippen molar-refractivity contribution in [2.75, 3.05) is 79.7 Å². The van der Waals surface area contributed by atoms with Gasteiger partial charge in [0.25, 0.3) is 15.7 Å². The van der Waals surface area contributed by atoms with Crippen LogP contribution in [-0.2, 0) is 21.3 Å². The third-order valence-corrected chi connectivity index (χ3v) is 13.5. The molecular formula is C44H45ClN8O5S2. The minimum Gasteiger partial charge on any atom is -0.379 e. The number of nitro groups is 1. The van der Waals surface area contributed by atoms with E-state index in [2.05, 4.69) is 71.1 Å². The van der Waals surface area contributed by atoms with Gasteiger partial charge in [-0.3, -0.25) is 24.6 Å². The largest absolute Gasteiger partial charge is 0.379 e. The second-order valence-electron chi connectivity index (χ2n) is 14.8. The molecule has 1 atom stereocenters. The van der Waals surface area contributed by atoms with Crippen molar-refractivity contribution in [3.63, 3.8) is 0 Å². The highest BCUT2D eigenvalue weighted by Gasteiger charge is 2.26. The van der Waals surface area contributed by atoms with Crippen LogP contribution in [0.25, 0.3) is 22.0 Å². The Morgan fingerprint density at radius 1 is 0.833 bits per heavy atom. The van der Waals surface area contributed by atoms with E-state index in [0.29, 0.717) is 41.4 Å². The molecule has 6 aromatic rings. The Hall–Kier alpha value is -5.29. The first-order chi connectivity index (χ1) is 29.2. The number of anilines is 3. The number of ether oxygens (including phenoxy) is 1. The van der Waals surface area contributed by atoms with E-state index in [0.717, 1.165) is 68.0 Å². The minimum atomic E-state index is -4.28. The number of hydrogen-bond donors (Lipinski definition) is 2. The highest BCUT2D eigenvalue weighted by molar-refractivity contribution is 7.99. The Kier molecular flexibility index (Phi) is 13.1. The first-order valence-corrected chi connectivity index (χ1v) is 22.6. The van der Waals surface area contributed by atoms with E-state index < -0.39 is 14.9 Å². The van der Waals surface area contributed by atoms with Gasteiger partial charge in [0.2, 0.25) is 0 Å². The number of aromatic nitrogens is 2. The summed E-state index contributed by atoms with van der Waals surface area (Å²) in [4.78, 5) is 28.4. The van der Waals surface area contributed by atoms with Crippen LogP contribution in [0.4, 0.5) is 22.9 Å². The molecule has 0 radical (unpaired) electrons. The average molecular weight is 865 g/mol. The van der Waals surface area contributed by atoms with Gasteiger partial charge in [-0.15, -0.1) is 11.8 Å². The van der Waals surface area contributed by atoms with E-state index in [9.17, 15) is 18.5 Å². The van der Waals surface area contributed by atoms with Crippen LogP contribution in [0, 0.1) is 10.1 Å². The zero-order valence-corrected chi connectivity index (χ0v) is 35.2. The molecular weight excluding hydrogens is 820 g/mol. The monoisotopic (exact) mass is 864 g/mol. The Bertz CT molecular complexity index is 2540. The van der Waals surface area contributed by atoms with Gasteiger partial charge in [-0.1, -0.05) is 66.2 Å². The zero-order valence-electron chi connectivity index (χ0n) is 32.8. The first kappa shape index (κ1) is 41.4. The summed E-state index contributed by atoms with van der Waals surface area (Å²) in [7, 11) is -4.28. The molecule has 0 unspecified atom stereocenters. The van der Waals surface area contributed by atoms with Crippen molar-refractivity contribution in [3.8, 4) is 11.1 Å². The molecule has 0 saturated carbocycles. The summed E-state index contributed by atoms with van der Waals surface area (Å²) < 4.78 is 35.7. The van der Waals surface area contributed by atoms with Crippen molar-refractivity contribution < 1.29 is 18.1 Å². The van der Waals surface area contributed by atoms with Crippen molar-refractivity contribution in [3.05, 3.63) is 142 Å². The number of nitro benzene ring substituents is 1. The number of halogens is 1. The van der Waals surface area contributed by atoms with E-state index in [-0.39, 0.29) is 28.1 Å². The number of nitrogens with zero attached hydrogens (tertiary/aromatic N) is 6. The normalized spacial score (nSPS) is 15.8. The molecule has 13 nitrogen and oxygen atoms in total. The maximum absolute atomic E-state index is 13.8. The smallest absolute Gasteiger partial charge is 0.293 e. The lowest BCUT2D eigenvalue weighted by molar-refractivity contribution is -0.384. The number of hydrogen-bond acceptors (Lipinski definition) is 12. The number of nitrogens with one attached hydrogen (secondary N) is 2. The van der Waals surface area contributed by atoms with Gasteiger partial charge in [0.15, 0.2) is 5.82 Å². The molecule has 8 rings (SSSR count). The Balaban J connectivity index is 0.940. The van der Waals surface area contributed by atoms with Crippen molar-refractivity contribution >= 4 is 67.2 Å². The number of rotatable bonds is 15. The Morgan fingerprint density at radius 2 is 1.58 bits per heavy atom. The quantitative estimate of drug-likeness (QED) is 0.0588. The van der Waals surface area contributed by atoms with E-state index in [1.54, 1.807) is 11.8 Å². The van der Waals surface area contributed by atoms with E-state index in [1.807, 2.05) is 60.7 Å². The standard InChI is InChI=1S/C44H45ClN8O5S2/c45-34-12-10-32(11-13-34)39-9-5-4-6-33(39)28-50-18-20-52(21-19-50)36-14-16-40-42(26-36)46-31-47-44(40)49-60(56,57)38-15-17-41(43(27-38)53(54)55)48-35(29-51-22-24-58-25-23-51)30-59-37-7-2-1-3-8-37/h1-17,26-27,31,35,48H,18-25,28-30H2,(H,46,47,49)/t35-/m1/s1. The molecule has 5 aromatic carbocycles. The number of benzene rings is 5. The van der Waals surface area contributed by atoms with Gasteiger partial charge >= 0.3 is 0 Å². The summed E-state index contributed by atoms with van der Waals surface area (Å²) in [5.74, 6) is 0.726. The van der Waals surface area contributed by atoms with Gasteiger partial charge in [-0.25, -0.2) is 18.4 Å². The van der Waals surface area contributed by atoms with Crippen LogP contribution in [0.1, 0.15) is 5.56 Å². The van der Waals surface area contributed by atoms with Crippen LogP contribution in [0.15, 0.2) is 131 Å². The molecule has 2 aliphatic heterocycles. The van der Waals surface area contributed by atoms with Crippen molar-refractivity contribution in [2.24, 2.45) is 0 Å². The Labute approximate surface area is 358 Å². The van der Waals surface area contributed by atoms with Crippen LogP contribution in [0.3, 0.4) is 0 Å². The lowest BCUT2D eigenvalue weighted by Gasteiger charge is -2.36. The molecule has 60 heavy (non-hydrogen) atoms. The summed E-state index contributed by atoms with van der Waals surface area (Å²) in [5.41, 5.74) is 5.05. The zero-order chi connectivity index (χ0) is 41.5. The molecule has 2 fully saturated rings. The van der Waals surface area contributed by atoms with E-state index in [1.165, 1.54) is 29.6 Å². The predicted molar refractivity (Wildman–Crippen MR) is 240 cm³/mol. The molecule has 0 aliphatic carbocycles. The summed E-state index contributed by atoms with van der Waals surface area (Å²) in [5, 5.41) is 17.0. The molecule has 2 aliphatic rings. The fraction of sp³-hybridized carbons (Fsp3) is 0.273. The second kappa shape index (κ2) is 19.0. The summed E-state index contributed by atoms with van der Waals surface area (Å²) in [6.07, 6.45) is 1.32. The van der Waals surface area contributed by atoms with Crippen LogP contribution in [-0.4, -0.2) is 104 Å². The van der Waals surface area contributed by atoms with E-state index in [4.69, 9.17) is 16.3 Å². The maximum atomic E-state index is 13.8. The van der Waals surface area contributed by atoms with Crippen molar-refractivity contribution in [1.82, 2.24) is 19.8 Å². The second-order valence-corrected chi connectivity index (χ2v) is 18.0. The van der Waals surface area contributed by atoms with Crippen LogP contribution in [0.5, 0.6) is 0 Å². The number of morpholine rings is 1. The topological polar surface area (TPSA) is 146 Å². The molecule has 0 amide bonds. The van der Waals surface area contributed by atoms with Crippen molar-refractivity contribution in [1.29, 1.82) is 0 Å². The molecule has 3 heterocycles. The SMILES string of the molecule is O=[N+]([O-])c1cc(S(=O)(=O)Nc2ncnc3cc(N4CCN(Cc5ccccc5-c5ccc(Cl)cc5)CC4)ccc23)ccc1N[C@@H](CSc1ccccc1)CN1CCOCC1. The number of piperazine rings is 1. The first-order valence-electron chi connectivity index (χ1n) is 19.8. The molecule has 0 bridgehead atoms. The van der Waals surface area contributed by atoms with Gasteiger partial charge < -0.3 is 15.0 Å². The lowest BCUT2D eigenvalue weighted by atomic mass is 9.99. The molecule has 2 saturated heterocycles. The summed E-state index contributed by atoms with van der Waals surface area (Å²) in [6.45, 7) is 7.59. The van der Waals surface area contributed by atoms with Crippen LogP contribution >= 0.6 is 23.4 Å². The van der Waals surface area contributed by atoms with Gasteiger partial charge in [0.05, 0.1) is 28.5 Å². The highest BCUT2D eigenvalue weighted by Crippen LogP contribution is 2.33. The van der Waals surface area contributed by atoms with Crippen molar-refractivity contribution in [2.45, 2.75) is 22.4 Å². The average Bonchev–Trinajstić information content (AvgIpc) is 3.27. The number of sulfonamides is 1. The maximum Gasteiger partial charge on any atom is 0.293 e. The third kappa shape index (κ3) is 10.2. The molecule has 1 aromatic heterocycles.